The van der Waals surface area contributed by atoms with Crippen LogP contribution in [0.25, 0.3) is 28.2 Å². The number of piperidine rings is 1. The van der Waals surface area contributed by atoms with Gasteiger partial charge in [0.15, 0.2) is 5.65 Å². The van der Waals surface area contributed by atoms with Crippen LogP contribution in [0.5, 0.6) is 0 Å². The van der Waals surface area contributed by atoms with Crippen molar-refractivity contribution in [3.8, 4) is 22.5 Å². The first-order chi connectivity index (χ1) is 14.2. The highest BCUT2D eigenvalue weighted by Gasteiger charge is 2.22. The second-order valence-electron chi connectivity index (χ2n) is 7.77. The highest BCUT2D eigenvalue weighted by Crippen LogP contribution is 2.29. The molecule has 4 aromatic rings. The van der Waals surface area contributed by atoms with Gasteiger partial charge in [-0.3, -0.25) is 0 Å². The maximum Gasteiger partial charge on any atom is 0.158 e. The van der Waals surface area contributed by atoms with E-state index in [1.807, 2.05) is 28.8 Å². The van der Waals surface area contributed by atoms with Crippen LogP contribution in [0.3, 0.4) is 0 Å². The van der Waals surface area contributed by atoms with Gasteiger partial charge < -0.3 is 10.0 Å². The molecule has 0 amide bonds. The van der Waals surface area contributed by atoms with Gasteiger partial charge in [0.25, 0.3) is 0 Å². The molecule has 5 rings (SSSR count). The van der Waals surface area contributed by atoms with Crippen LogP contribution in [0.1, 0.15) is 18.4 Å². The molecule has 1 aliphatic heterocycles. The molecule has 0 saturated carbocycles. The van der Waals surface area contributed by atoms with Gasteiger partial charge in [0.05, 0.1) is 17.5 Å². The Morgan fingerprint density at radius 3 is 2.45 bits per heavy atom. The number of anilines is 1. The first-order valence-corrected chi connectivity index (χ1v) is 10.1. The van der Waals surface area contributed by atoms with E-state index >= 15 is 0 Å². The molecule has 2 aromatic carbocycles. The molecular formula is C24H24N4O. The van der Waals surface area contributed by atoms with Crippen molar-refractivity contribution in [3.63, 3.8) is 0 Å². The lowest BCUT2D eigenvalue weighted by Gasteiger charge is -2.32. The Morgan fingerprint density at radius 2 is 1.69 bits per heavy atom. The van der Waals surface area contributed by atoms with Crippen molar-refractivity contribution in [2.45, 2.75) is 25.9 Å². The first kappa shape index (κ1) is 17.9. The van der Waals surface area contributed by atoms with Crippen molar-refractivity contribution in [2.75, 3.05) is 18.0 Å². The Morgan fingerprint density at radius 1 is 0.931 bits per heavy atom. The molecule has 0 unspecified atom stereocenters. The van der Waals surface area contributed by atoms with E-state index in [4.69, 9.17) is 10.1 Å². The summed E-state index contributed by atoms with van der Waals surface area (Å²) in [5, 5.41) is 15.1. The van der Waals surface area contributed by atoms with E-state index in [2.05, 4.69) is 54.3 Å². The van der Waals surface area contributed by atoms with Gasteiger partial charge in [0, 0.05) is 36.3 Å². The van der Waals surface area contributed by atoms with E-state index in [1.165, 1.54) is 5.56 Å². The SMILES string of the molecule is Cc1ccc(-c2cc3nc(-c4ccccc4)cc(N4CCC[C@H](O)C4)n3n2)cc1. The summed E-state index contributed by atoms with van der Waals surface area (Å²) in [4.78, 5) is 7.12. The Kier molecular flexibility index (Phi) is 4.52. The number of hydrogen-bond acceptors (Lipinski definition) is 4. The van der Waals surface area contributed by atoms with Crippen molar-refractivity contribution in [1.82, 2.24) is 14.6 Å². The molecule has 3 heterocycles. The van der Waals surface area contributed by atoms with Crippen molar-refractivity contribution in [3.05, 3.63) is 72.3 Å². The topological polar surface area (TPSA) is 53.7 Å². The van der Waals surface area contributed by atoms with Gasteiger partial charge in [-0.25, -0.2) is 4.98 Å². The maximum atomic E-state index is 10.2. The molecule has 0 aliphatic carbocycles. The van der Waals surface area contributed by atoms with E-state index in [1.54, 1.807) is 0 Å². The van der Waals surface area contributed by atoms with Gasteiger partial charge in [0.1, 0.15) is 5.82 Å². The minimum absolute atomic E-state index is 0.306. The zero-order chi connectivity index (χ0) is 19.8. The van der Waals surface area contributed by atoms with Gasteiger partial charge in [-0.2, -0.15) is 9.61 Å². The predicted molar refractivity (Wildman–Crippen MR) is 116 cm³/mol. The van der Waals surface area contributed by atoms with Gasteiger partial charge in [-0.15, -0.1) is 0 Å². The Labute approximate surface area is 170 Å². The number of nitrogens with zero attached hydrogens (tertiary/aromatic N) is 4. The lowest BCUT2D eigenvalue weighted by molar-refractivity contribution is 0.153. The van der Waals surface area contributed by atoms with Crippen molar-refractivity contribution >= 4 is 11.5 Å². The third-order valence-electron chi connectivity index (χ3n) is 5.55. The summed E-state index contributed by atoms with van der Waals surface area (Å²) in [6.07, 6.45) is 1.51. The molecule has 1 aliphatic rings. The molecule has 0 spiro atoms. The van der Waals surface area contributed by atoms with E-state index in [-0.39, 0.29) is 6.10 Å². The minimum atomic E-state index is -0.306. The fourth-order valence-electron chi connectivity index (χ4n) is 3.97. The maximum absolute atomic E-state index is 10.2. The molecule has 146 valence electrons. The van der Waals surface area contributed by atoms with Gasteiger partial charge in [-0.05, 0) is 19.8 Å². The van der Waals surface area contributed by atoms with Crippen LogP contribution in [0, 0.1) is 6.92 Å². The fraction of sp³-hybridized carbons (Fsp3) is 0.250. The number of benzene rings is 2. The smallest absolute Gasteiger partial charge is 0.158 e. The second kappa shape index (κ2) is 7.33. The number of aryl methyl sites for hydroxylation is 1. The van der Waals surface area contributed by atoms with Crippen LogP contribution in [-0.2, 0) is 0 Å². The summed E-state index contributed by atoms with van der Waals surface area (Å²) < 4.78 is 1.92. The minimum Gasteiger partial charge on any atom is -0.391 e. The van der Waals surface area contributed by atoms with E-state index < -0.39 is 0 Å². The van der Waals surface area contributed by atoms with Gasteiger partial charge >= 0.3 is 0 Å². The third-order valence-corrected chi connectivity index (χ3v) is 5.55. The zero-order valence-corrected chi connectivity index (χ0v) is 16.5. The summed E-state index contributed by atoms with van der Waals surface area (Å²) in [5.74, 6) is 0.978. The summed E-state index contributed by atoms with van der Waals surface area (Å²) in [7, 11) is 0. The normalized spacial score (nSPS) is 17.0. The standard InChI is InChI=1S/C24H24N4O/c1-17-9-11-19(12-10-17)22-14-23-25-21(18-6-3-2-4-7-18)15-24(28(23)26-22)27-13-5-8-20(29)16-27/h2-4,6-7,9-12,14-15,20,29H,5,8,13,16H2,1H3/t20-/m0/s1. The molecule has 5 nitrogen and oxygen atoms in total. The molecule has 0 radical (unpaired) electrons. The highest BCUT2D eigenvalue weighted by molar-refractivity contribution is 5.71. The Balaban J connectivity index is 1.67. The number of fused-ring (bicyclic) bond motifs is 1. The molecule has 5 heteroatoms. The molecular weight excluding hydrogens is 360 g/mol. The van der Waals surface area contributed by atoms with Crippen molar-refractivity contribution in [1.29, 1.82) is 0 Å². The van der Waals surface area contributed by atoms with Crippen LogP contribution in [0.15, 0.2) is 66.7 Å². The van der Waals surface area contributed by atoms with Gasteiger partial charge in [0.2, 0.25) is 0 Å². The Hall–Kier alpha value is -3.18. The summed E-state index contributed by atoms with van der Waals surface area (Å²) in [5.41, 5.74) is 6.02. The molecule has 1 saturated heterocycles. The van der Waals surface area contributed by atoms with Crippen LogP contribution in [0.2, 0.25) is 0 Å². The summed E-state index contributed by atoms with van der Waals surface area (Å²) in [6, 6.07) is 22.7. The molecule has 0 bridgehead atoms. The number of aliphatic hydroxyl groups is 1. The third kappa shape index (κ3) is 3.49. The van der Waals surface area contributed by atoms with E-state index in [0.717, 1.165) is 53.4 Å². The van der Waals surface area contributed by atoms with E-state index in [0.29, 0.717) is 6.54 Å². The predicted octanol–water partition coefficient (Wildman–Crippen LogP) is 4.33. The van der Waals surface area contributed by atoms with Crippen molar-refractivity contribution < 1.29 is 5.11 Å². The average molecular weight is 384 g/mol. The van der Waals surface area contributed by atoms with Crippen LogP contribution in [-0.4, -0.2) is 38.9 Å². The quantitative estimate of drug-likeness (QED) is 0.571. The number of aromatic nitrogens is 3. The first-order valence-electron chi connectivity index (χ1n) is 10.1. The molecule has 29 heavy (non-hydrogen) atoms. The largest absolute Gasteiger partial charge is 0.391 e. The monoisotopic (exact) mass is 384 g/mol. The molecule has 2 aromatic heterocycles. The second-order valence-corrected chi connectivity index (χ2v) is 7.77. The van der Waals surface area contributed by atoms with Crippen LogP contribution in [0.4, 0.5) is 5.82 Å². The van der Waals surface area contributed by atoms with Crippen LogP contribution < -0.4 is 4.90 Å². The average Bonchev–Trinajstić information content (AvgIpc) is 3.18. The van der Waals surface area contributed by atoms with Crippen LogP contribution >= 0.6 is 0 Å². The van der Waals surface area contributed by atoms with E-state index in [9.17, 15) is 5.11 Å². The molecule has 1 atom stereocenters. The highest BCUT2D eigenvalue weighted by atomic mass is 16.3. The van der Waals surface area contributed by atoms with Crippen molar-refractivity contribution in [2.24, 2.45) is 0 Å². The lowest BCUT2D eigenvalue weighted by atomic mass is 10.1. The molecule has 1 fully saturated rings. The number of β-amino-alcohol motifs (C(OH)–C–C–N with tert-alkyl or cyclic N) is 1. The zero-order valence-electron chi connectivity index (χ0n) is 16.5. The summed E-state index contributed by atoms with van der Waals surface area (Å²) >= 11 is 0. The molecule has 1 N–H and O–H groups in total. The Bertz CT molecular complexity index is 1130. The summed E-state index contributed by atoms with van der Waals surface area (Å²) in [6.45, 7) is 3.61. The van der Waals surface area contributed by atoms with Gasteiger partial charge in [-0.1, -0.05) is 60.2 Å². The number of hydrogen-bond donors (Lipinski definition) is 1. The number of aliphatic hydroxyl groups excluding tert-OH is 1. The fourth-order valence-corrected chi connectivity index (χ4v) is 3.97. The number of rotatable bonds is 3. The lowest BCUT2D eigenvalue weighted by Crippen LogP contribution is -2.39.